The molecule has 0 spiro atoms. The summed E-state index contributed by atoms with van der Waals surface area (Å²) in [5.74, 6) is 0.0744. The molecule has 4 aromatic rings. The van der Waals surface area contributed by atoms with E-state index in [4.69, 9.17) is 9.26 Å². The Kier molecular flexibility index (Phi) is 4.10. The number of aromatic nitrogens is 3. The first-order valence-electron chi connectivity index (χ1n) is 7.78. The third kappa shape index (κ3) is 2.91. The fraction of sp³-hybridized carbons (Fsp3) is 0.111. The van der Waals surface area contributed by atoms with Crippen molar-refractivity contribution in [3.63, 3.8) is 0 Å². The minimum Gasteiger partial charge on any atom is -0.480 e. The highest BCUT2D eigenvalue weighted by Crippen LogP contribution is 2.30. The van der Waals surface area contributed by atoms with Gasteiger partial charge in [0.05, 0.1) is 17.5 Å². The summed E-state index contributed by atoms with van der Waals surface area (Å²) in [7, 11) is 1.50. The van der Waals surface area contributed by atoms with Gasteiger partial charge in [-0.2, -0.15) is 0 Å². The summed E-state index contributed by atoms with van der Waals surface area (Å²) in [4.78, 5) is 21.2. The molecule has 3 aromatic heterocycles. The summed E-state index contributed by atoms with van der Waals surface area (Å²) in [6.45, 7) is 1.93. The minimum atomic E-state index is -0.278. The number of carbonyl (C=O) groups is 1. The molecule has 0 radical (unpaired) electrons. The van der Waals surface area contributed by atoms with Gasteiger partial charge in [0, 0.05) is 17.1 Å². The number of ether oxygens (including phenoxy) is 1. The molecule has 0 saturated carbocycles. The normalized spacial score (nSPS) is 10.8. The number of hydrogen-bond acceptors (Lipinski definition) is 7. The Morgan fingerprint density at radius 1 is 1.31 bits per heavy atom. The number of thiazole rings is 1. The van der Waals surface area contributed by atoms with Crippen LogP contribution in [0.1, 0.15) is 15.4 Å². The Hall–Kier alpha value is -3.26. The van der Waals surface area contributed by atoms with E-state index in [9.17, 15) is 4.79 Å². The molecule has 7 nitrogen and oxygen atoms in total. The van der Waals surface area contributed by atoms with Crippen LogP contribution in [0.5, 0.6) is 5.88 Å². The van der Waals surface area contributed by atoms with Crippen LogP contribution in [0, 0.1) is 6.92 Å². The second kappa shape index (κ2) is 6.57. The van der Waals surface area contributed by atoms with Gasteiger partial charge in [0.2, 0.25) is 5.88 Å². The molecule has 26 heavy (non-hydrogen) atoms. The van der Waals surface area contributed by atoms with Crippen LogP contribution in [0.2, 0.25) is 0 Å². The van der Waals surface area contributed by atoms with Gasteiger partial charge in [0.25, 0.3) is 5.91 Å². The average Bonchev–Trinajstić information content (AvgIpc) is 3.27. The maximum absolute atomic E-state index is 12.6. The number of nitrogens with zero attached hydrogens (tertiary/aromatic N) is 3. The fourth-order valence-electron chi connectivity index (χ4n) is 2.58. The molecular formula is C18H14N4O3S. The number of hydrogen-bond donors (Lipinski definition) is 1. The number of anilines is 1. The summed E-state index contributed by atoms with van der Waals surface area (Å²) < 4.78 is 10.5. The zero-order valence-corrected chi connectivity index (χ0v) is 14.8. The second-order valence-electron chi connectivity index (χ2n) is 5.51. The number of fused-ring (bicyclic) bond motifs is 1. The zero-order chi connectivity index (χ0) is 18.1. The Balaban J connectivity index is 1.69. The van der Waals surface area contributed by atoms with E-state index >= 15 is 0 Å². The third-order valence-electron chi connectivity index (χ3n) is 3.81. The number of carbonyl (C=O) groups excluding carboxylic acids is 1. The van der Waals surface area contributed by atoms with E-state index in [-0.39, 0.29) is 5.91 Å². The van der Waals surface area contributed by atoms with Crippen molar-refractivity contribution in [1.82, 2.24) is 15.1 Å². The van der Waals surface area contributed by atoms with Gasteiger partial charge >= 0.3 is 0 Å². The van der Waals surface area contributed by atoms with Gasteiger partial charge in [-0.15, -0.1) is 11.3 Å². The maximum atomic E-state index is 12.6. The monoisotopic (exact) mass is 366 g/mol. The molecule has 0 fully saturated rings. The van der Waals surface area contributed by atoms with Gasteiger partial charge in [-0.25, -0.2) is 9.97 Å². The molecule has 0 unspecified atom stereocenters. The van der Waals surface area contributed by atoms with Gasteiger partial charge in [-0.3, -0.25) is 4.79 Å². The quantitative estimate of drug-likeness (QED) is 0.589. The lowest BCUT2D eigenvalue weighted by Gasteiger charge is -2.08. The third-order valence-corrected chi connectivity index (χ3v) is 4.58. The number of pyridine rings is 1. The van der Waals surface area contributed by atoms with Crippen LogP contribution in [-0.4, -0.2) is 28.1 Å². The van der Waals surface area contributed by atoms with E-state index in [1.165, 1.54) is 18.4 Å². The molecule has 1 amide bonds. The first kappa shape index (κ1) is 16.2. The minimum absolute atomic E-state index is 0.278. The molecule has 0 atom stereocenters. The Morgan fingerprint density at radius 2 is 2.19 bits per heavy atom. The van der Waals surface area contributed by atoms with Gasteiger partial charge in [0.1, 0.15) is 17.1 Å². The topological polar surface area (TPSA) is 90.1 Å². The van der Waals surface area contributed by atoms with E-state index in [0.29, 0.717) is 28.4 Å². The van der Waals surface area contributed by atoms with E-state index in [1.807, 2.05) is 12.3 Å². The van der Waals surface area contributed by atoms with Crippen LogP contribution in [0.3, 0.4) is 0 Å². The van der Waals surface area contributed by atoms with E-state index in [1.54, 1.807) is 36.5 Å². The van der Waals surface area contributed by atoms with Crippen molar-refractivity contribution in [3.05, 3.63) is 52.5 Å². The molecule has 8 heteroatoms. The summed E-state index contributed by atoms with van der Waals surface area (Å²) in [6.07, 6.45) is 1.60. The van der Waals surface area contributed by atoms with E-state index < -0.39 is 0 Å². The summed E-state index contributed by atoms with van der Waals surface area (Å²) in [6, 6.07) is 8.60. The van der Waals surface area contributed by atoms with Gasteiger partial charge in [-0.05, 0) is 37.3 Å². The highest BCUT2D eigenvalue weighted by atomic mass is 32.1. The highest BCUT2D eigenvalue weighted by molar-refractivity contribution is 7.09. The molecule has 1 N–H and O–H groups in total. The van der Waals surface area contributed by atoms with Crippen molar-refractivity contribution in [2.24, 2.45) is 0 Å². The van der Waals surface area contributed by atoms with Crippen molar-refractivity contribution < 1.29 is 14.1 Å². The summed E-state index contributed by atoms with van der Waals surface area (Å²) in [5, 5.41) is 10.5. The number of methoxy groups -OCH3 is 1. The molecule has 0 aliphatic heterocycles. The fourth-order valence-corrected chi connectivity index (χ4v) is 3.18. The van der Waals surface area contributed by atoms with Crippen molar-refractivity contribution in [2.45, 2.75) is 6.92 Å². The predicted octanol–water partition coefficient (Wildman–Crippen LogP) is 3.92. The first-order valence-corrected chi connectivity index (χ1v) is 8.66. The molecule has 0 bridgehead atoms. The highest BCUT2D eigenvalue weighted by Gasteiger charge is 2.16. The van der Waals surface area contributed by atoms with Crippen LogP contribution in [0.4, 0.5) is 5.69 Å². The van der Waals surface area contributed by atoms with Crippen molar-refractivity contribution in [3.8, 4) is 17.3 Å². The molecule has 3 heterocycles. The number of amides is 1. The van der Waals surface area contributed by atoms with Crippen molar-refractivity contribution >= 4 is 33.9 Å². The molecule has 0 aliphatic carbocycles. The molecule has 0 aliphatic rings. The standard InChI is InChI=1S/C18H14N4O3S/c1-10-20-14(9-26-10)16-12-8-11(5-6-15(12)25-22-16)17(23)21-13-4-3-7-19-18(13)24-2/h3-9H,1-2H3,(H,21,23). The molecule has 4 rings (SSSR count). The van der Waals surface area contributed by atoms with Crippen molar-refractivity contribution in [2.75, 3.05) is 12.4 Å². The number of nitrogens with one attached hydrogen (secondary N) is 1. The van der Waals surface area contributed by atoms with Crippen LogP contribution < -0.4 is 10.1 Å². The lowest BCUT2D eigenvalue weighted by atomic mass is 10.1. The SMILES string of the molecule is COc1ncccc1NC(=O)c1ccc2onc(-c3csc(C)n3)c2c1. The maximum Gasteiger partial charge on any atom is 0.255 e. The van der Waals surface area contributed by atoms with E-state index in [0.717, 1.165) is 16.1 Å². The number of benzene rings is 1. The molecular weight excluding hydrogens is 352 g/mol. The smallest absolute Gasteiger partial charge is 0.255 e. The first-order chi connectivity index (χ1) is 12.7. The van der Waals surface area contributed by atoms with Gasteiger partial charge in [-0.1, -0.05) is 5.16 Å². The van der Waals surface area contributed by atoms with Crippen LogP contribution in [0.15, 0.2) is 46.4 Å². The number of rotatable bonds is 4. The average molecular weight is 366 g/mol. The summed E-state index contributed by atoms with van der Waals surface area (Å²) in [5.41, 5.74) is 2.93. The van der Waals surface area contributed by atoms with Gasteiger partial charge in [0.15, 0.2) is 5.58 Å². The molecule has 130 valence electrons. The lowest BCUT2D eigenvalue weighted by Crippen LogP contribution is -2.12. The number of aryl methyl sites for hydroxylation is 1. The van der Waals surface area contributed by atoms with Crippen LogP contribution in [0.25, 0.3) is 22.4 Å². The van der Waals surface area contributed by atoms with Gasteiger partial charge < -0.3 is 14.6 Å². The largest absolute Gasteiger partial charge is 0.480 e. The second-order valence-corrected chi connectivity index (χ2v) is 6.57. The Morgan fingerprint density at radius 3 is 2.96 bits per heavy atom. The summed E-state index contributed by atoms with van der Waals surface area (Å²) >= 11 is 1.53. The predicted molar refractivity (Wildman–Crippen MR) is 98.6 cm³/mol. The van der Waals surface area contributed by atoms with Crippen LogP contribution in [-0.2, 0) is 0 Å². The molecule has 1 aromatic carbocycles. The molecule has 0 saturated heterocycles. The van der Waals surface area contributed by atoms with Crippen LogP contribution >= 0.6 is 11.3 Å². The zero-order valence-electron chi connectivity index (χ0n) is 14.0. The Labute approximate surface area is 152 Å². The van der Waals surface area contributed by atoms with E-state index in [2.05, 4.69) is 20.4 Å². The Bertz CT molecular complexity index is 1100. The lowest BCUT2D eigenvalue weighted by molar-refractivity contribution is 0.102. The van der Waals surface area contributed by atoms with Crippen molar-refractivity contribution in [1.29, 1.82) is 0 Å².